The van der Waals surface area contributed by atoms with Crippen molar-refractivity contribution < 1.29 is 4.42 Å². The zero-order valence-corrected chi connectivity index (χ0v) is 22.0. The summed E-state index contributed by atoms with van der Waals surface area (Å²) in [7, 11) is 0. The van der Waals surface area contributed by atoms with Crippen LogP contribution in [0.25, 0.3) is 78.0 Å². The first-order valence-corrected chi connectivity index (χ1v) is 13.6. The summed E-state index contributed by atoms with van der Waals surface area (Å²) in [6.07, 6.45) is 0. The molecule has 4 nitrogen and oxygen atoms in total. The normalized spacial score (nSPS) is 11.4. The Hall–Kier alpha value is -5.61. The molecule has 4 heteroatoms. The number of aromatic nitrogens is 3. The lowest BCUT2D eigenvalue weighted by molar-refractivity contribution is 0.623. The van der Waals surface area contributed by atoms with E-state index < -0.39 is 0 Å². The molecule has 0 bridgehead atoms. The van der Waals surface area contributed by atoms with Crippen LogP contribution >= 0.6 is 0 Å². The smallest absolute Gasteiger partial charge is 0.227 e. The molecule has 0 radical (unpaired) electrons. The van der Waals surface area contributed by atoms with Crippen LogP contribution in [-0.2, 0) is 0 Å². The molecule has 0 amide bonds. The van der Waals surface area contributed by atoms with E-state index in [0.717, 1.165) is 72.1 Å². The molecule has 0 N–H and O–H groups in total. The summed E-state index contributed by atoms with van der Waals surface area (Å²) in [5.41, 5.74) is 10.4. The summed E-state index contributed by atoms with van der Waals surface area (Å²) < 4.78 is 6.25. The Morgan fingerprint density at radius 3 is 1.76 bits per heavy atom. The van der Waals surface area contributed by atoms with Crippen molar-refractivity contribution in [3.63, 3.8) is 0 Å². The van der Waals surface area contributed by atoms with Gasteiger partial charge in [-0.05, 0) is 65.0 Å². The second-order valence-corrected chi connectivity index (χ2v) is 10.1. The standard InChI is InChI=1S/C37H23N3O/c1-3-10-24(11-4-1)34-35(39-32-17-8-7-16-31(32)38-34)29-15-9-14-26(23-29)27-18-20-30-28(22-27)19-21-33-36(30)41-37(40-33)25-12-5-2-6-13-25/h1-23H. The highest BCUT2D eigenvalue weighted by atomic mass is 16.3. The van der Waals surface area contributed by atoms with Crippen molar-refractivity contribution in [2.75, 3.05) is 0 Å². The number of hydrogen-bond donors (Lipinski definition) is 0. The molecule has 0 saturated carbocycles. The third kappa shape index (κ3) is 4.14. The maximum absolute atomic E-state index is 6.25. The number of oxazole rings is 1. The van der Waals surface area contributed by atoms with E-state index in [2.05, 4.69) is 60.7 Å². The quantitative estimate of drug-likeness (QED) is 0.230. The predicted molar refractivity (Wildman–Crippen MR) is 166 cm³/mol. The third-order valence-corrected chi connectivity index (χ3v) is 7.48. The van der Waals surface area contributed by atoms with Gasteiger partial charge >= 0.3 is 0 Å². The van der Waals surface area contributed by atoms with Crippen LogP contribution in [0.2, 0.25) is 0 Å². The van der Waals surface area contributed by atoms with Gasteiger partial charge in [0.05, 0.1) is 22.4 Å². The molecule has 2 aromatic heterocycles. The molecule has 0 unspecified atom stereocenters. The minimum atomic E-state index is 0.635. The van der Waals surface area contributed by atoms with E-state index in [9.17, 15) is 0 Å². The van der Waals surface area contributed by atoms with E-state index in [1.807, 2.05) is 78.9 Å². The molecule has 0 aliphatic heterocycles. The van der Waals surface area contributed by atoms with Crippen LogP contribution in [-0.4, -0.2) is 15.0 Å². The molecule has 192 valence electrons. The molecule has 0 spiro atoms. The average molecular weight is 526 g/mol. The Balaban J connectivity index is 1.24. The molecular formula is C37H23N3O. The van der Waals surface area contributed by atoms with Crippen molar-refractivity contribution in [3.05, 3.63) is 140 Å². The monoisotopic (exact) mass is 525 g/mol. The third-order valence-electron chi connectivity index (χ3n) is 7.48. The first-order valence-electron chi connectivity index (χ1n) is 13.6. The van der Waals surface area contributed by atoms with Crippen molar-refractivity contribution in [2.24, 2.45) is 0 Å². The molecule has 2 heterocycles. The number of nitrogens with zero attached hydrogens (tertiary/aromatic N) is 3. The molecular weight excluding hydrogens is 502 g/mol. The second-order valence-electron chi connectivity index (χ2n) is 10.1. The van der Waals surface area contributed by atoms with Gasteiger partial charge in [-0.3, -0.25) is 0 Å². The zero-order valence-electron chi connectivity index (χ0n) is 22.0. The summed E-state index contributed by atoms with van der Waals surface area (Å²) in [6, 6.07) is 47.5. The predicted octanol–water partition coefficient (Wildman–Crippen LogP) is 9.59. The Morgan fingerprint density at radius 2 is 1.00 bits per heavy atom. The number of rotatable bonds is 4. The first kappa shape index (κ1) is 23.3. The number of fused-ring (bicyclic) bond motifs is 4. The van der Waals surface area contributed by atoms with Gasteiger partial charge in [0.2, 0.25) is 5.89 Å². The van der Waals surface area contributed by atoms with Crippen LogP contribution in [0.4, 0.5) is 0 Å². The minimum absolute atomic E-state index is 0.635. The molecule has 8 rings (SSSR count). The molecule has 0 aliphatic rings. The van der Waals surface area contributed by atoms with Gasteiger partial charge in [-0.1, -0.05) is 91.0 Å². The number of para-hydroxylation sites is 2. The SMILES string of the molecule is c1ccc(-c2nc3ccc4cc(-c5cccc(-c6nc7ccccc7nc6-c6ccccc6)c5)ccc4c3o2)cc1. The Morgan fingerprint density at radius 1 is 0.390 bits per heavy atom. The topological polar surface area (TPSA) is 51.8 Å². The maximum Gasteiger partial charge on any atom is 0.227 e. The van der Waals surface area contributed by atoms with Crippen molar-refractivity contribution in [3.8, 4) is 45.1 Å². The van der Waals surface area contributed by atoms with E-state index in [1.54, 1.807) is 0 Å². The Labute approximate surface area is 236 Å². The van der Waals surface area contributed by atoms with Crippen molar-refractivity contribution in [1.82, 2.24) is 15.0 Å². The largest absolute Gasteiger partial charge is 0.435 e. The fourth-order valence-corrected chi connectivity index (χ4v) is 5.44. The van der Waals surface area contributed by atoms with Gasteiger partial charge in [0, 0.05) is 22.1 Å². The highest BCUT2D eigenvalue weighted by molar-refractivity contribution is 6.05. The maximum atomic E-state index is 6.25. The van der Waals surface area contributed by atoms with Crippen molar-refractivity contribution in [1.29, 1.82) is 0 Å². The molecule has 0 atom stereocenters. The first-order chi connectivity index (χ1) is 20.3. The highest BCUT2D eigenvalue weighted by Gasteiger charge is 2.15. The van der Waals surface area contributed by atoms with Crippen LogP contribution in [0, 0.1) is 0 Å². The number of benzene rings is 6. The summed E-state index contributed by atoms with van der Waals surface area (Å²) in [5, 5.41) is 2.15. The van der Waals surface area contributed by atoms with Gasteiger partial charge in [-0.25, -0.2) is 15.0 Å². The molecule has 0 fully saturated rings. The van der Waals surface area contributed by atoms with Crippen LogP contribution in [0.1, 0.15) is 0 Å². The van der Waals surface area contributed by atoms with Crippen LogP contribution in [0.15, 0.2) is 144 Å². The molecule has 6 aromatic carbocycles. The van der Waals surface area contributed by atoms with Crippen LogP contribution in [0.5, 0.6) is 0 Å². The van der Waals surface area contributed by atoms with Crippen molar-refractivity contribution >= 4 is 32.9 Å². The Bertz CT molecular complexity index is 2200. The molecule has 41 heavy (non-hydrogen) atoms. The Kier molecular flexibility index (Phi) is 5.42. The minimum Gasteiger partial charge on any atom is -0.435 e. The van der Waals surface area contributed by atoms with Crippen LogP contribution in [0.3, 0.4) is 0 Å². The molecule has 8 aromatic rings. The van der Waals surface area contributed by atoms with Crippen LogP contribution < -0.4 is 0 Å². The summed E-state index contributed by atoms with van der Waals surface area (Å²) >= 11 is 0. The fourth-order valence-electron chi connectivity index (χ4n) is 5.44. The van der Waals surface area contributed by atoms with Gasteiger partial charge in [0.1, 0.15) is 5.52 Å². The van der Waals surface area contributed by atoms with E-state index in [1.165, 1.54) is 0 Å². The van der Waals surface area contributed by atoms with Gasteiger partial charge in [0.15, 0.2) is 5.58 Å². The molecule has 0 saturated heterocycles. The molecule has 0 aliphatic carbocycles. The van der Waals surface area contributed by atoms with Gasteiger partial charge < -0.3 is 4.42 Å². The summed E-state index contributed by atoms with van der Waals surface area (Å²) in [6.45, 7) is 0. The zero-order chi connectivity index (χ0) is 27.2. The van der Waals surface area contributed by atoms with Gasteiger partial charge in [0.25, 0.3) is 0 Å². The fraction of sp³-hybridized carbons (Fsp3) is 0. The van der Waals surface area contributed by atoms with E-state index in [-0.39, 0.29) is 0 Å². The lowest BCUT2D eigenvalue weighted by Gasteiger charge is -2.12. The summed E-state index contributed by atoms with van der Waals surface area (Å²) in [4.78, 5) is 14.9. The van der Waals surface area contributed by atoms with E-state index >= 15 is 0 Å². The average Bonchev–Trinajstić information content (AvgIpc) is 3.50. The van der Waals surface area contributed by atoms with E-state index in [0.29, 0.717) is 5.89 Å². The summed E-state index contributed by atoms with van der Waals surface area (Å²) in [5.74, 6) is 0.635. The lowest BCUT2D eigenvalue weighted by Crippen LogP contribution is -1.95. The van der Waals surface area contributed by atoms with E-state index in [4.69, 9.17) is 19.4 Å². The van der Waals surface area contributed by atoms with Crippen molar-refractivity contribution in [2.45, 2.75) is 0 Å². The lowest BCUT2D eigenvalue weighted by atomic mass is 9.97. The van der Waals surface area contributed by atoms with Gasteiger partial charge in [-0.15, -0.1) is 0 Å². The second kappa shape index (κ2) is 9.54. The number of hydrogen-bond acceptors (Lipinski definition) is 4. The highest BCUT2D eigenvalue weighted by Crippen LogP contribution is 2.35. The van der Waals surface area contributed by atoms with Gasteiger partial charge in [-0.2, -0.15) is 0 Å².